The molecule has 1 aromatic heterocycles. The van der Waals surface area contributed by atoms with E-state index in [1.54, 1.807) is 0 Å². The Morgan fingerprint density at radius 3 is 2.73 bits per heavy atom. The molecule has 4 aliphatic carbocycles. The third kappa shape index (κ3) is 2.12. The Hall–Kier alpha value is -1.64. The van der Waals surface area contributed by atoms with Crippen LogP contribution in [0.5, 0.6) is 0 Å². The number of rotatable bonds is 1. The van der Waals surface area contributed by atoms with Gasteiger partial charge < -0.3 is 4.57 Å². The minimum atomic E-state index is 0.270. The number of hydrogen-bond donors (Lipinski definition) is 0. The highest BCUT2D eigenvalue weighted by Gasteiger charge is 2.57. The molecule has 2 saturated carbocycles. The van der Waals surface area contributed by atoms with Crippen LogP contribution in [0.3, 0.4) is 0 Å². The molecule has 138 valence electrons. The summed E-state index contributed by atoms with van der Waals surface area (Å²) in [5, 5.41) is 0. The minimum Gasteiger partial charge on any atom is -0.310 e. The molecule has 0 amide bonds. The maximum Gasteiger partial charge on any atom is 0.155 e. The number of hydrogen-bond acceptors (Lipinski definition) is 2. The zero-order valence-electron chi connectivity index (χ0n) is 16.3. The van der Waals surface area contributed by atoms with Gasteiger partial charge in [0.15, 0.2) is 5.78 Å². The van der Waals surface area contributed by atoms with E-state index in [0.29, 0.717) is 5.78 Å². The number of aryl methyl sites for hydroxylation is 1. The summed E-state index contributed by atoms with van der Waals surface area (Å²) in [5.41, 5.74) is 4.59. The van der Waals surface area contributed by atoms with Gasteiger partial charge in [0.1, 0.15) is 0 Å². The molecule has 3 nitrogen and oxygen atoms in total. The molecule has 0 bridgehead atoms. The van der Waals surface area contributed by atoms with Crippen LogP contribution in [0.25, 0.3) is 5.70 Å². The van der Waals surface area contributed by atoms with Crippen LogP contribution >= 0.6 is 0 Å². The van der Waals surface area contributed by atoms with E-state index in [1.807, 2.05) is 12.4 Å². The summed E-state index contributed by atoms with van der Waals surface area (Å²) in [6.45, 7) is 7.04. The molecule has 0 saturated heterocycles. The zero-order chi connectivity index (χ0) is 18.1. The first-order chi connectivity index (χ1) is 12.4. The van der Waals surface area contributed by atoms with E-state index in [1.165, 1.54) is 37.0 Å². The fraction of sp³-hybridized carbons (Fsp3) is 0.652. The summed E-state index contributed by atoms with van der Waals surface area (Å²) in [6.07, 6.45) is 16.7. The van der Waals surface area contributed by atoms with Crippen LogP contribution in [0.1, 0.15) is 64.5 Å². The Morgan fingerprint density at radius 2 is 1.96 bits per heavy atom. The molecule has 26 heavy (non-hydrogen) atoms. The molecule has 0 aliphatic heterocycles. The Morgan fingerprint density at radius 1 is 1.12 bits per heavy atom. The Kier molecular flexibility index (Phi) is 3.45. The summed E-state index contributed by atoms with van der Waals surface area (Å²) >= 11 is 0. The summed E-state index contributed by atoms with van der Waals surface area (Å²) in [5.74, 6) is 2.65. The largest absolute Gasteiger partial charge is 0.310 e. The minimum absolute atomic E-state index is 0.270. The average molecular weight is 351 g/mol. The molecule has 0 aromatic carbocycles. The normalized spacial score (nSPS) is 41.8. The van der Waals surface area contributed by atoms with E-state index in [2.05, 4.69) is 42.6 Å². The van der Waals surface area contributed by atoms with Crippen molar-refractivity contribution < 1.29 is 4.79 Å². The maximum atomic E-state index is 12.0. The molecule has 0 spiro atoms. The fourth-order valence-corrected chi connectivity index (χ4v) is 7.06. The lowest BCUT2D eigenvalue weighted by molar-refractivity contribution is -0.117. The van der Waals surface area contributed by atoms with Crippen molar-refractivity contribution >= 4 is 11.5 Å². The van der Waals surface area contributed by atoms with Crippen molar-refractivity contribution in [3.63, 3.8) is 0 Å². The quantitative estimate of drug-likeness (QED) is 0.700. The van der Waals surface area contributed by atoms with Gasteiger partial charge >= 0.3 is 0 Å². The van der Waals surface area contributed by atoms with Gasteiger partial charge in [0.25, 0.3) is 0 Å². The topological polar surface area (TPSA) is 34.9 Å². The zero-order valence-corrected chi connectivity index (χ0v) is 16.3. The highest BCUT2D eigenvalue weighted by molar-refractivity contribution is 5.91. The van der Waals surface area contributed by atoms with Gasteiger partial charge in [-0.1, -0.05) is 25.5 Å². The molecule has 2 fully saturated rings. The van der Waals surface area contributed by atoms with Gasteiger partial charge in [-0.3, -0.25) is 4.79 Å². The first kappa shape index (κ1) is 16.5. The van der Waals surface area contributed by atoms with E-state index >= 15 is 0 Å². The van der Waals surface area contributed by atoms with Gasteiger partial charge in [-0.25, -0.2) is 4.98 Å². The maximum absolute atomic E-state index is 12.0. The molecule has 0 radical (unpaired) electrons. The highest BCUT2D eigenvalue weighted by Crippen LogP contribution is 2.65. The number of nitrogens with zero attached hydrogens (tertiary/aromatic N) is 2. The van der Waals surface area contributed by atoms with Gasteiger partial charge in [-0.2, -0.15) is 0 Å². The molecular formula is C23H30N2O. The van der Waals surface area contributed by atoms with Gasteiger partial charge in [0.05, 0.1) is 12.0 Å². The SMILES string of the molecule is Cc1cn(C2=CCC3C4CCC5=CC(=O)CC[C@]5(C)C4CC[C@]23C)cn1. The van der Waals surface area contributed by atoms with Crippen LogP contribution in [0.4, 0.5) is 0 Å². The van der Waals surface area contributed by atoms with E-state index < -0.39 is 0 Å². The first-order valence-corrected chi connectivity index (χ1v) is 10.4. The number of fused-ring (bicyclic) bond motifs is 5. The summed E-state index contributed by atoms with van der Waals surface area (Å²) < 4.78 is 2.28. The van der Waals surface area contributed by atoms with E-state index in [4.69, 9.17) is 0 Å². The fourth-order valence-electron chi connectivity index (χ4n) is 7.06. The highest BCUT2D eigenvalue weighted by atomic mass is 16.1. The predicted octanol–water partition coefficient (Wildman–Crippen LogP) is 5.17. The first-order valence-electron chi connectivity index (χ1n) is 10.4. The second kappa shape index (κ2) is 5.43. The van der Waals surface area contributed by atoms with Crippen LogP contribution in [-0.4, -0.2) is 15.3 Å². The molecule has 0 N–H and O–H groups in total. The van der Waals surface area contributed by atoms with Gasteiger partial charge in [-0.05, 0) is 74.7 Å². The van der Waals surface area contributed by atoms with Crippen molar-refractivity contribution in [3.8, 4) is 0 Å². The van der Waals surface area contributed by atoms with E-state index in [0.717, 1.165) is 42.7 Å². The van der Waals surface area contributed by atoms with Crippen molar-refractivity contribution in [2.45, 2.75) is 65.7 Å². The molecule has 5 rings (SSSR count). The number of ketones is 1. The summed E-state index contributed by atoms with van der Waals surface area (Å²) in [4.78, 5) is 16.4. The van der Waals surface area contributed by atoms with Crippen molar-refractivity contribution in [1.29, 1.82) is 0 Å². The predicted molar refractivity (Wildman–Crippen MR) is 103 cm³/mol. The average Bonchev–Trinajstić information content (AvgIpc) is 3.18. The lowest BCUT2D eigenvalue weighted by Gasteiger charge is -2.57. The molecule has 1 heterocycles. The van der Waals surface area contributed by atoms with Crippen LogP contribution in [0, 0.1) is 35.5 Å². The number of carbonyl (C=O) groups excluding carboxylic acids is 1. The molecule has 5 atom stereocenters. The Balaban J connectivity index is 1.48. The van der Waals surface area contributed by atoms with Crippen LogP contribution < -0.4 is 0 Å². The van der Waals surface area contributed by atoms with Gasteiger partial charge in [-0.15, -0.1) is 0 Å². The van der Waals surface area contributed by atoms with Crippen molar-refractivity contribution in [2.24, 2.45) is 28.6 Å². The number of imidazole rings is 1. The molecule has 3 unspecified atom stereocenters. The Labute approximate surface area is 156 Å². The summed E-state index contributed by atoms with van der Waals surface area (Å²) in [6, 6.07) is 0. The second-order valence-corrected chi connectivity index (χ2v) is 9.67. The molecule has 4 aliphatic rings. The number of carbonyl (C=O) groups is 1. The van der Waals surface area contributed by atoms with Crippen LogP contribution in [-0.2, 0) is 4.79 Å². The summed E-state index contributed by atoms with van der Waals surface area (Å²) in [7, 11) is 0. The van der Waals surface area contributed by atoms with Gasteiger partial charge in [0.2, 0.25) is 0 Å². The molecular weight excluding hydrogens is 320 g/mol. The van der Waals surface area contributed by atoms with Gasteiger partial charge in [0, 0.05) is 23.7 Å². The monoisotopic (exact) mass is 350 g/mol. The van der Waals surface area contributed by atoms with E-state index in [-0.39, 0.29) is 10.8 Å². The van der Waals surface area contributed by atoms with Crippen molar-refractivity contribution in [3.05, 3.63) is 35.9 Å². The number of aromatic nitrogens is 2. The Bertz CT molecular complexity index is 831. The standard InChI is InChI=1S/C23H30N2O/c1-15-13-25(14-24-15)21-7-6-19-18-5-4-16-12-17(26)8-10-22(16,2)20(18)9-11-23(19,21)3/h7,12-14,18-20H,4-6,8-11H2,1-3H3/t18?,19?,20?,22-,23-/m0/s1. The van der Waals surface area contributed by atoms with E-state index in [9.17, 15) is 4.79 Å². The smallest absolute Gasteiger partial charge is 0.155 e. The lowest BCUT2D eigenvalue weighted by atomic mass is 9.47. The third-order valence-electron chi connectivity index (χ3n) is 8.49. The third-order valence-corrected chi connectivity index (χ3v) is 8.49. The van der Waals surface area contributed by atoms with Crippen molar-refractivity contribution in [1.82, 2.24) is 9.55 Å². The lowest BCUT2D eigenvalue weighted by Crippen LogP contribution is -2.50. The van der Waals surface area contributed by atoms with Crippen LogP contribution in [0.15, 0.2) is 30.2 Å². The van der Waals surface area contributed by atoms with Crippen molar-refractivity contribution in [2.75, 3.05) is 0 Å². The number of allylic oxidation sites excluding steroid dienone is 4. The molecule has 1 aromatic rings. The van der Waals surface area contributed by atoms with Crippen LogP contribution in [0.2, 0.25) is 0 Å². The second-order valence-electron chi connectivity index (χ2n) is 9.67. The molecule has 3 heteroatoms.